The Morgan fingerprint density at radius 1 is 1.31 bits per heavy atom. The highest BCUT2D eigenvalue weighted by atomic mass is 35.5. The lowest BCUT2D eigenvalue weighted by atomic mass is 10.3. The summed E-state index contributed by atoms with van der Waals surface area (Å²) in [5.41, 5.74) is 2.73. The highest BCUT2D eigenvalue weighted by Crippen LogP contribution is 2.23. The van der Waals surface area contributed by atoms with Crippen LogP contribution in [0, 0.1) is 6.92 Å². The Bertz CT molecular complexity index is 656. The van der Waals surface area contributed by atoms with Crippen LogP contribution >= 0.6 is 22.9 Å². The lowest BCUT2D eigenvalue weighted by molar-refractivity contribution is 1.23. The first-order chi connectivity index (χ1) is 7.72. The van der Waals surface area contributed by atoms with Crippen molar-refractivity contribution in [1.29, 1.82) is 0 Å². The van der Waals surface area contributed by atoms with E-state index in [1.807, 2.05) is 30.5 Å². The third-order valence-corrected chi connectivity index (χ3v) is 3.31. The number of hydrogen-bond acceptors (Lipinski definition) is 3. The molecule has 0 saturated heterocycles. The van der Waals surface area contributed by atoms with E-state index >= 15 is 0 Å². The fraction of sp³-hybridized carbons (Fsp3) is 0.0909. The molecule has 0 fully saturated rings. The predicted molar refractivity (Wildman–Crippen MR) is 66.9 cm³/mol. The number of hydrogen-bond donors (Lipinski definition) is 1. The van der Waals surface area contributed by atoms with E-state index in [-0.39, 0.29) is 0 Å². The molecule has 0 spiro atoms. The van der Waals surface area contributed by atoms with Gasteiger partial charge < -0.3 is 4.98 Å². The molecule has 2 heterocycles. The summed E-state index contributed by atoms with van der Waals surface area (Å²) in [7, 11) is 0. The fourth-order valence-electron chi connectivity index (χ4n) is 1.58. The lowest BCUT2D eigenvalue weighted by Gasteiger charge is -1.87. The van der Waals surface area contributed by atoms with Crippen LogP contribution in [-0.2, 0) is 0 Å². The van der Waals surface area contributed by atoms with Crippen molar-refractivity contribution in [3.63, 3.8) is 0 Å². The van der Waals surface area contributed by atoms with Gasteiger partial charge in [-0.2, -0.15) is 0 Å². The van der Waals surface area contributed by atoms with Crippen molar-refractivity contribution in [2.24, 2.45) is 0 Å². The summed E-state index contributed by atoms with van der Waals surface area (Å²) in [6.07, 6.45) is 0. The van der Waals surface area contributed by atoms with Crippen molar-refractivity contribution in [3.8, 4) is 11.5 Å². The summed E-state index contributed by atoms with van der Waals surface area (Å²) in [6, 6.07) is 5.60. The van der Waals surface area contributed by atoms with Crippen molar-refractivity contribution in [2.45, 2.75) is 6.92 Å². The fourth-order valence-corrected chi connectivity index (χ4v) is 2.35. The Kier molecular flexibility index (Phi) is 2.19. The Labute approximate surface area is 101 Å². The number of nitrogens with zero attached hydrogens (tertiary/aromatic N) is 2. The van der Waals surface area contributed by atoms with E-state index in [2.05, 4.69) is 15.0 Å². The summed E-state index contributed by atoms with van der Waals surface area (Å²) in [5.74, 6) is 0.793. The van der Waals surface area contributed by atoms with Gasteiger partial charge in [0, 0.05) is 10.4 Å². The van der Waals surface area contributed by atoms with Crippen LogP contribution < -0.4 is 0 Å². The number of benzene rings is 1. The third kappa shape index (κ3) is 1.60. The molecule has 0 aliphatic heterocycles. The molecule has 0 aliphatic carbocycles. The maximum absolute atomic E-state index is 5.92. The molecule has 0 atom stereocenters. The van der Waals surface area contributed by atoms with Gasteiger partial charge in [-0.1, -0.05) is 11.6 Å². The van der Waals surface area contributed by atoms with Gasteiger partial charge >= 0.3 is 0 Å². The van der Waals surface area contributed by atoms with E-state index in [4.69, 9.17) is 11.6 Å². The normalized spacial score (nSPS) is 11.1. The van der Waals surface area contributed by atoms with Crippen LogP contribution in [0.3, 0.4) is 0 Å². The zero-order valence-electron chi connectivity index (χ0n) is 8.49. The number of aryl methyl sites for hydroxylation is 1. The van der Waals surface area contributed by atoms with Crippen LogP contribution in [0.15, 0.2) is 23.6 Å². The van der Waals surface area contributed by atoms with Crippen molar-refractivity contribution >= 4 is 34.0 Å². The molecule has 0 bridgehead atoms. The third-order valence-electron chi connectivity index (χ3n) is 2.31. The maximum atomic E-state index is 5.92. The molecular formula is C11H8ClN3S. The van der Waals surface area contributed by atoms with Gasteiger partial charge in [0.1, 0.15) is 5.69 Å². The van der Waals surface area contributed by atoms with Gasteiger partial charge in [0.05, 0.1) is 16.0 Å². The minimum atomic E-state index is 0.706. The quantitative estimate of drug-likeness (QED) is 0.715. The van der Waals surface area contributed by atoms with Crippen LogP contribution in [0.25, 0.3) is 22.6 Å². The molecule has 0 saturated carbocycles. The number of imidazole rings is 1. The summed E-state index contributed by atoms with van der Waals surface area (Å²) in [4.78, 5) is 12.1. The van der Waals surface area contributed by atoms with E-state index in [0.29, 0.717) is 5.02 Å². The molecule has 3 aromatic rings. The van der Waals surface area contributed by atoms with Crippen molar-refractivity contribution in [3.05, 3.63) is 33.6 Å². The van der Waals surface area contributed by atoms with E-state index in [1.54, 1.807) is 11.3 Å². The van der Waals surface area contributed by atoms with Gasteiger partial charge in [0.15, 0.2) is 5.82 Å². The Balaban J connectivity index is 2.18. The highest BCUT2D eigenvalue weighted by molar-refractivity contribution is 7.09. The molecule has 0 aliphatic rings. The molecule has 2 aromatic heterocycles. The minimum Gasteiger partial charge on any atom is -0.337 e. The Morgan fingerprint density at radius 2 is 2.19 bits per heavy atom. The first-order valence-electron chi connectivity index (χ1n) is 4.80. The first-order valence-corrected chi connectivity index (χ1v) is 6.06. The number of nitrogens with one attached hydrogen (secondary N) is 1. The van der Waals surface area contributed by atoms with Gasteiger partial charge in [-0.25, -0.2) is 9.97 Å². The average Bonchev–Trinajstić information content (AvgIpc) is 2.83. The number of aromatic nitrogens is 3. The summed E-state index contributed by atoms with van der Waals surface area (Å²) >= 11 is 7.53. The van der Waals surface area contributed by atoms with Gasteiger partial charge in [-0.15, -0.1) is 11.3 Å². The lowest BCUT2D eigenvalue weighted by Crippen LogP contribution is -1.79. The molecule has 3 rings (SSSR count). The molecule has 3 nitrogen and oxygen atoms in total. The standard InChI is InChI=1S/C11H8ClN3S/c1-6-13-10(5-16-6)11-14-8-3-2-7(12)4-9(8)15-11/h2-5H,1H3,(H,14,15). The van der Waals surface area contributed by atoms with Crippen molar-refractivity contribution < 1.29 is 0 Å². The zero-order valence-corrected chi connectivity index (χ0v) is 10.1. The topological polar surface area (TPSA) is 41.6 Å². The second-order valence-electron chi connectivity index (χ2n) is 3.50. The van der Waals surface area contributed by atoms with Crippen LogP contribution in [0.1, 0.15) is 5.01 Å². The SMILES string of the molecule is Cc1nc(-c2nc3ccc(Cl)cc3[nH]2)cs1. The smallest absolute Gasteiger partial charge is 0.158 e. The number of halogens is 1. The second-order valence-corrected chi connectivity index (χ2v) is 5.00. The number of rotatable bonds is 1. The molecule has 16 heavy (non-hydrogen) atoms. The van der Waals surface area contributed by atoms with Gasteiger partial charge in [-0.3, -0.25) is 0 Å². The first kappa shape index (κ1) is 9.81. The molecule has 1 N–H and O–H groups in total. The highest BCUT2D eigenvalue weighted by Gasteiger charge is 2.08. The van der Waals surface area contributed by atoms with E-state index in [1.165, 1.54) is 0 Å². The minimum absolute atomic E-state index is 0.706. The molecule has 80 valence electrons. The molecule has 0 amide bonds. The van der Waals surface area contributed by atoms with Gasteiger partial charge in [0.25, 0.3) is 0 Å². The summed E-state index contributed by atoms with van der Waals surface area (Å²) in [6.45, 7) is 1.98. The molecule has 5 heteroatoms. The summed E-state index contributed by atoms with van der Waals surface area (Å²) in [5, 5.41) is 3.74. The Hall–Kier alpha value is -1.39. The van der Waals surface area contributed by atoms with Gasteiger partial charge in [-0.05, 0) is 25.1 Å². The van der Waals surface area contributed by atoms with Gasteiger partial charge in [0.2, 0.25) is 0 Å². The molecule has 1 aromatic carbocycles. The second kappa shape index (κ2) is 3.57. The average molecular weight is 250 g/mol. The van der Waals surface area contributed by atoms with Crippen LogP contribution in [0.4, 0.5) is 0 Å². The summed E-state index contributed by atoms with van der Waals surface area (Å²) < 4.78 is 0. The molecular weight excluding hydrogens is 242 g/mol. The zero-order chi connectivity index (χ0) is 11.1. The van der Waals surface area contributed by atoms with Crippen molar-refractivity contribution in [2.75, 3.05) is 0 Å². The number of H-pyrrole nitrogens is 1. The van der Waals surface area contributed by atoms with E-state index in [9.17, 15) is 0 Å². The maximum Gasteiger partial charge on any atom is 0.158 e. The van der Waals surface area contributed by atoms with Crippen LogP contribution in [-0.4, -0.2) is 15.0 Å². The van der Waals surface area contributed by atoms with E-state index < -0.39 is 0 Å². The monoisotopic (exact) mass is 249 g/mol. The van der Waals surface area contributed by atoms with Crippen LogP contribution in [0.2, 0.25) is 5.02 Å². The van der Waals surface area contributed by atoms with E-state index in [0.717, 1.165) is 27.6 Å². The Morgan fingerprint density at radius 3 is 2.94 bits per heavy atom. The van der Waals surface area contributed by atoms with Crippen molar-refractivity contribution in [1.82, 2.24) is 15.0 Å². The largest absolute Gasteiger partial charge is 0.337 e. The van der Waals surface area contributed by atoms with Crippen LogP contribution in [0.5, 0.6) is 0 Å². The number of aromatic amines is 1. The molecule has 0 unspecified atom stereocenters. The number of fused-ring (bicyclic) bond motifs is 1. The molecule has 0 radical (unpaired) electrons. The number of thiazole rings is 1. The predicted octanol–water partition coefficient (Wildman–Crippen LogP) is 3.65.